The molecular weight excluding hydrogens is 200 g/mol. The molecule has 1 aromatic carbocycles. The Morgan fingerprint density at radius 2 is 1.94 bits per heavy atom. The largest absolute Gasteiger partial charge is 0.507 e. The van der Waals surface area contributed by atoms with E-state index < -0.39 is 0 Å². The van der Waals surface area contributed by atoms with E-state index in [1.807, 2.05) is 19.1 Å². The Bertz CT molecular complexity index is 357. The summed E-state index contributed by atoms with van der Waals surface area (Å²) in [6.07, 6.45) is 0. The van der Waals surface area contributed by atoms with E-state index in [0.29, 0.717) is 5.75 Å². The SMILES string of the molecule is Cc1c[c]cc(CN2CCN(C)CC2)c1O. The van der Waals surface area contributed by atoms with Gasteiger partial charge in [0.1, 0.15) is 5.75 Å². The molecule has 0 aliphatic carbocycles. The monoisotopic (exact) mass is 219 g/mol. The van der Waals surface area contributed by atoms with Crippen molar-refractivity contribution in [3.63, 3.8) is 0 Å². The smallest absolute Gasteiger partial charge is 0.123 e. The van der Waals surface area contributed by atoms with Gasteiger partial charge in [-0.25, -0.2) is 0 Å². The quantitative estimate of drug-likeness (QED) is 0.811. The van der Waals surface area contributed by atoms with Gasteiger partial charge < -0.3 is 10.0 Å². The highest BCUT2D eigenvalue weighted by Gasteiger charge is 2.15. The number of aryl methyl sites for hydroxylation is 1. The van der Waals surface area contributed by atoms with E-state index in [2.05, 4.69) is 22.9 Å². The first-order valence-corrected chi connectivity index (χ1v) is 5.76. The van der Waals surface area contributed by atoms with Crippen LogP contribution >= 0.6 is 0 Å². The minimum atomic E-state index is 0.428. The van der Waals surface area contributed by atoms with Crippen LogP contribution in [0.3, 0.4) is 0 Å². The zero-order chi connectivity index (χ0) is 11.5. The van der Waals surface area contributed by atoms with Gasteiger partial charge >= 0.3 is 0 Å². The number of nitrogens with zero attached hydrogens (tertiary/aromatic N) is 2. The Balaban J connectivity index is 2.01. The second kappa shape index (κ2) is 4.85. The van der Waals surface area contributed by atoms with Crippen LogP contribution < -0.4 is 0 Å². The van der Waals surface area contributed by atoms with Crippen LogP contribution in [0.2, 0.25) is 0 Å². The van der Waals surface area contributed by atoms with Crippen LogP contribution in [0.25, 0.3) is 0 Å². The first-order chi connectivity index (χ1) is 7.66. The number of hydrogen-bond acceptors (Lipinski definition) is 3. The van der Waals surface area contributed by atoms with Crippen molar-refractivity contribution >= 4 is 0 Å². The van der Waals surface area contributed by atoms with Crippen molar-refractivity contribution < 1.29 is 5.11 Å². The number of hydrogen-bond donors (Lipinski definition) is 1. The van der Waals surface area contributed by atoms with Crippen molar-refractivity contribution in [2.24, 2.45) is 0 Å². The number of phenols is 1. The Hall–Kier alpha value is -1.06. The van der Waals surface area contributed by atoms with Crippen molar-refractivity contribution in [2.75, 3.05) is 33.2 Å². The van der Waals surface area contributed by atoms with Gasteiger partial charge in [-0.2, -0.15) is 0 Å². The van der Waals surface area contributed by atoms with Gasteiger partial charge in [-0.1, -0.05) is 0 Å². The van der Waals surface area contributed by atoms with Crippen LogP contribution in [-0.2, 0) is 6.54 Å². The lowest BCUT2D eigenvalue weighted by atomic mass is 10.1. The minimum Gasteiger partial charge on any atom is -0.507 e. The Morgan fingerprint density at radius 1 is 1.25 bits per heavy atom. The maximum Gasteiger partial charge on any atom is 0.123 e. The molecule has 3 heteroatoms. The summed E-state index contributed by atoms with van der Waals surface area (Å²) in [7, 11) is 2.15. The highest BCUT2D eigenvalue weighted by Crippen LogP contribution is 2.22. The normalized spacial score (nSPS) is 18.9. The maximum absolute atomic E-state index is 9.92. The lowest BCUT2D eigenvalue weighted by Gasteiger charge is -2.32. The summed E-state index contributed by atoms with van der Waals surface area (Å²) in [5, 5.41) is 9.92. The third-order valence-corrected chi connectivity index (χ3v) is 3.22. The molecule has 0 saturated carbocycles. The number of likely N-dealkylation sites (N-methyl/N-ethyl adjacent to an activating group) is 1. The molecule has 1 aliphatic heterocycles. The third-order valence-electron chi connectivity index (χ3n) is 3.22. The fraction of sp³-hybridized carbons (Fsp3) is 0.538. The average molecular weight is 219 g/mol. The zero-order valence-electron chi connectivity index (χ0n) is 10.0. The topological polar surface area (TPSA) is 26.7 Å². The fourth-order valence-corrected chi connectivity index (χ4v) is 2.02. The molecular formula is C13H19N2O. The molecule has 2 rings (SSSR count). The lowest BCUT2D eigenvalue weighted by molar-refractivity contribution is 0.147. The van der Waals surface area contributed by atoms with E-state index in [1.165, 1.54) is 0 Å². The predicted molar refractivity (Wildman–Crippen MR) is 64.5 cm³/mol. The summed E-state index contributed by atoms with van der Waals surface area (Å²) < 4.78 is 0. The summed E-state index contributed by atoms with van der Waals surface area (Å²) in [6, 6.07) is 6.78. The average Bonchev–Trinajstić information content (AvgIpc) is 2.28. The van der Waals surface area contributed by atoms with Gasteiger partial charge in [-0.05, 0) is 37.7 Å². The number of phenolic OH excluding ortho intramolecular Hbond substituents is 1. The van der Waals surface area contributed by atoms with Crippen LogP contribution in [0.15, 0.2) is 12.1 Å². The Labute approximate surface area is 97.3 Å². The van der Waals surface area contributed by atoms with E-state index in [4.69, 9.17) is 0 Å². The van der Waals surface area contributed by atoms with Gasteiger partial charge in [-0.15, -0.1) is 0 Å². The van der Waals surface area contributed by atoms with E-state index >= 15 is 0 Å². The molecule has 0 bridgehead atoms. The molecule has 1 aliphatic rings. The molecule has 1 aromatic rings. The van der Waals surface area contributed by atoms with Crippen LogP contribution in [0.4, 0.5) is 0 Å². The number of rotatable bonds is 2. The van der Waals surface area contributed by atoms with Crippen LogP contribution in [0.5, 0.6) is 5.75 Å². The molecule has 0 unspecified atom stereocenters. The number of benzene rings is 1. The van der Waals surface area contributed by atoms with E-state index in [1.54, 1.807) is 0 Å². The molecule has 1 heterocycles. The lowest BCUT2D eigenvalue weighted by Crippen LogP contribution is -2.43. The molecule has 1 saturated heterocycles. The fourth-order valence-electron chi connectivity index (χ4n) is 2.02. The van der Waals surface area contributed by atoms with Gasteiger partial charge in [-0.3, -0.25) is 4.90 Å². The molecule has 1 N–H and O–H groups in total. The summed E-state index contributed by atoms with van der Waals surface area (Å²) >= 11 is 0. The summed E-state index contributed by atoms with van der Waals surface area (Å²) in [6.45, 7) is 7.11. The van der Waals surface area contributed by atoms with Crippen LogP contribution in [0.1, 0.15) is 11.1 Å². The van der Waals surface area contributed by atoms with Crippen LogP contribution in [-0.4, -0.2) is 48.1 Å². The standard InChI is InChI=1S/C13H19N2O/c1-11-4-3-5-12(13(11)16)10-15-8-6-14(2)7-9-15/h4-5,16H,6-10H2,1-2H3. The van der Waals surface area contributed by atoms with Crippen molar-refractivity contribution in [1.29, 1.82) is 0 Å². The summed E-state index contributed by atoms with van der Waals surface area (Å²) in [5.74, 6) is 0.428. The third kappa shape index (κ3) is 2.54. The zero-order valence-corrected chi connectivity index (χ0v) is 10.0. The molecule has 1 fully saturated rings. The van der Waals surface area contributed by atoms with Crippen molar-refractivity contribution in [3.05, 3.63) is 29.3 Å². The van der Waals surface area contributed by atoms with Crippen molar-refractivity contribution in [2.45, 2.75) is 13.5 Å². The molecule has 0 spiro atoms. The molecule has 16 heavy (non-hydrogen) atoms. The Morgan fingerprint density at radius 3 is 2.62 bits per heavy atom. The van der Waals surface area contributed by atoms with Gasteiger partial charge in [0.2, 0.25) is 0 Å². The number of piperazine rings is 1. The van der Waals surface area contributed by atoms with E-state index in [-0.39, 0.29) is 0 Å². The second-order valence-electron chi connectivity index (χ2n) is 4.59. The second-order valence-corrected chi connectivity index (χ2v) is 4.59. The Kier molecular flexibility index (Phi) is 3.46. The minimum absolute atomic E-state index is 0.428. The number of aromatic hydroxyl groups is 1. The summed E-state index contributed by atoms with van der Waals surface area (Å²) in [4.78, 5) is 4.71. The first kappa shape index (κ1) is 11.4. The predicted octanol–water partition coefficient (Wildman–Crippen LogP) is 1.25. The van der Waals surface area contributed by atoms with Gasteiger partial charge in [0.15, 0.2) is 0 Å². The molecule has 0 aromatic heterocycles. The molecule has 0 amide bonds. The molecule has 3 nitrogen and oxygen atoms in total. The van der Waals surface area contributed by atoms with E-state index in [0.717, 1.165) is 43.9 Å². The highest BCUT2D eigenvalue weighted by atomic mass is 16.3. The van der Waals surface area contributed by atoms with Gasteiger partial charge in [0.25, 0.3) is 0 Å². The van der Waals surface area contributed by atoms with E-state index in [9.17, 15) is 5.11 Å². The van der Waals surface area contributed by atoms with Crippen molar-refractivity contribution in [1.82, 2.24) is 9.80 Å². The first-order valence-electron chi connectivity index (χ1n) is 5.76. The van der Waals surface area contributed by atoms with Gasteiger partial charge in [0.05, 0.1) is 0 Å². The molecule has 0 atom stereocenters. The highest BCUT2D eigenvalue weighted by molar-refractivity contribution is 5.38. The maximum atomic E-state index is 9.92. The van der Waals surface area contributed by atoms with Crippen molar-refractivity contribution in [3.8, 4) is 5.75 Å². The van der Waals surface area contributed by atoms with Gasteiger partial charge in [0, 0.05) is 38.3 Å². The van der Waals surface area contributed by atoms with Crippen LogP contribution in [0, 0.1) is 13.0 Å². The molecule has 1 radical (unpaired) electrons. The summed E-state index contributed by atoms with van der Waals surface area (Å²) in [5.41, 5.74) is 1.90. The molecule has 87 valence electrons.